The van der Waals surface area contributed by atoms with Gasteiger partial charge in [0, 0.05) is 12.6 Å². The fraction of sp³-hybridized carbons (Fsp3) is 0.545. The fourth-order valence-corrected chi connectivity index (χ4v) is 0.804. The highest BCUT2D eigenvalue weighted by atomic mass is 16.1. The van der Waals surface area contributed by atoms with Gasteiger partial charge in [-0.3, -0.25) is 4.79 Å². The van der Waals surface area contributed by atoms with E-state index < -0.39 is 0 Å². The van der Waals surface area contributed by atoms with Gasteiger partial charge >= 0.3 is 0 Å². The molecule has 0 saturated carbocycles. The average molecular weight is 181 g/mol. The number of ketones is 1. The summed E-state index contributed by atoms with van der Waals surface area (Å²) in [6.45, 7) is 8.54. The molecule has 0 aromatic carbocycles. The highest BCUT2D eigenvalue weighted by Crippen LogP contribution is 1.95. The number of carbonyl (C=O) groups excluding carboxylic acids is 1. The van der Waals surface area contributed by atoms with Crippen LogP contribution in [-0.4, -0.2) is 18.4 Å². The number of nitrogens with one attached hydrogen (secondary N) is 1. The van der Waals surface area contributed by atoms with E-state index in [0.717, 1.165) is 12.1 Å². The maximum Gasteiger partial charge on any atom is 0.152 e. The molecule has 0 aromatic rings. The molecule has 0 unspecified atom stereocenters. The minimum absolute atomic E-state index is 0.0869. The first kappa shape index (κ1) is 12.1. The predicted octanol–water partition coefficient (Wildman–Crippen LogP) is 2.08. The number of carbonyl (C=O) groups is 1. The van der Waals surface area contributed by atoms with Gasteiger partial charge in [0.2, 0.25) is 0 Å². The summed E-state index contributed by atoms with van der Waals surface area (Å²) < 4.78 is 0. The normalized spacial score (nSPS) is 12.8. The van der Waals surface area contributed by atoms with Crippen LogP contribution in [0.4, 0.5) is 0 Å². The first-order valence-electron chi connectivity index (χ1n) is 4.63. The summed E-state index contributed by atoms with van der Waals surface area (Å²) in [6, 6.07) is 0.473. The summed E-state index contributed by atoms with van der Waals surface area (Å²) in [7, 11) is 0. The van der Waals surface area contributed by atoms with Gasteiger partial charge in [0.05, 0.1) is 0 Å². The molecule has 2 nitrogen and oxygen atoms in total. The highest BCUT2D eigenvalue weighted by Gasteiger charge is 1.94. The van der Waals surface area contributed by atoms with Gasteiger partial charge in [-0.15, -0.1) is 0 Å². The van der Waals surface area contributed by atoms with E-state index in [1.165, 1.54) is 0 Å². The first-order valence-corrected chi connectivity index (χ1v) is 4.63. The van der Waals surface area contributed by atoms with Crippen LogP contribution in [-0.2, 0) is 4.79 Å². The van der Waals surface area contributed by atoms with Crippen LogP contribution >= 0.6 is 0 Å². The van der Waals surface area contributed by atoms with Crippen molar-refractivity contribution in [2.45, 2.75) is 33.7 Å². The molecule has 0 heterocycles. The third-order valence-corrected chi connectivity index (χ3v) is 1.62. The van der Waals surface area contributed by atoms with Crippen LogP contribution in [0.5, 0.6) is 0 Å². The molecule has 74 valence electrons. The van der Waals surface area contributed by atoms with Crippen molar-refractivity contribution < 1.29 is 4.79 Å². The number of hydrogen-bond donors (Lipinski definition) is 1. The molecular formula is C11H19NO. The van der Waals surface area contributed by atoms with E-state index in [2.05, 4.69) is 19.2 Å². The Morgan fingerprint density at radius 2 is 2.00 bits per heavy atom. The lowest BCUT2D eigenvalue weighted by Gasteiger charge is -2.07. The zero-order valence-corrected chi connectivity index (χ0v) is 8.92. The molecule has 0 saturated heterocycles. The number of hydrogen-bond acceptors (Lipinski definition) is 2. The van der Waals surface area contributed by atoms with Crippen LogP contribution in [0.25, 0.3) is 0 Å². The van der Waals surface area contributed by atoms with Gasteiger partial charge in [-0.2, -0.15) is 0 Å². The van der Waals surface area contributed by atoms with Crippen molar-refractivity contribution in [1.29, 1.82) is 0 Å². The van der Waals surface area contributed by atoms with Crippen molar-refractivity contribution in [2.24, 2.45) is 0 Å². The minimum Gasteiger partial charge on any atom is -0.310 e. The molecule has 0 aliphatic carbocycles. The summed E-state index contributed by atoms with van der Waals surface area (Å²) in [4.78, 5) is 10.7. The Morgan fingerprint density at radius 3 is 2.38 bits per heavy atom. The van der Waals surface area contributed by atoms with Crippen LogP contribution in [0.2, 0.25) is 0 Å². The van der Waals surface area contributed by atoms with Gasteiger partial charge in [-0.25, -0.2) is 0 Å². The maximum absolute atomic E-state index is 10.7. The largest absolute Gasteiger partial charge is 0.310 e. The number of rotatable bonds is 5. The molecule has 0 atom stereocenters. The van der Waals surface area contributed by atoms with Crippen molar-refractivity contribution in [2.75, 3.05) is 6.54 Å². The van der Waals surface area contributed by atoms with Gasteiger partial charge < -0.3 is 5.32 Å². The third-order valence-electron chi connectivity index (χ3n) is 1.62. The van der Waals surface area contributed by atoms with Crippen LogP contribution in [0.1, 0.15) is 27.7 Å². The van der Waals surface area contributed by atoms with Gasteiger partial charge in [0.25, 0.3) is 0 Å². The molecule has 0 amide bonds. The Morgan fingerprint density at radius 1 is 1.38 bits per heavy atom. The second-order valence-electron chi connectivity index (χ2n) is 3.34. The minimum atomic E-state index is 0.0869. The summed E-state index contributed by atoms with van der Waals surface area (Å²) in [6.07, 6.45) is 5.46. The molecule has 0 aliphatic heterocycles. The average Bonchev–Trinajstić information content (AvgIpc) is 2.04. The van der Waals surface area contributed by atoms with E-state index in [4.69, 9.17) is 0 Å². The Bertz CT molecular complexity index is 214. The molecule has 0 aromatic heterocycles. The zero-order chi connectivity index (χ0) is 10.3. The second-order valence-corrected chi connectivity index (χ2v) is 3.34. The molecule has 0 aliphatic rings. The standard InChI is InChI=1S/C11H19NO/c1-5-11(7-6-10(4)13)8-12-9(2)3/h5-7,9,12H,8H2,1-4H3/b7-6-,11-5+. The fourth-order valence-electron chi connectivity index (χ4n) is 0.804. The Labute approximate surface area is 80.7 Å². The molecule has 13 heavy (non-hydrogen) atoms. The van der Waals surface area contributed by atoms with Gasteiger partial charge in [0.1, 0.15) is 0 Å². The van der Waals surface area contributed by atoms with Crippen molar-refractivity contribution in [1.82, 2.24) is 5.32 Å². The molecule has 0 bridgehead atoms. The topological polar surface area (TPSA) is 29.1 Å². The van der Waals surface area contributed by atoms with Crippen molar-refractivity contribution in [3.05, 3.63) is 23.8 Å². The molecular weight excluding hydrogens is 162 g/mol. The molecule has 0 rings (SSSR count). The van der Waals surface area contributed by atoms with Crippen molar-refractivity contribution in [3.63, 3.8) is 0 Å². The van der Waals surface area contributed by atoms with Crippen LogP contribution in [0, 0.1) is 0 Å². The van der Waals surface area contributed by atoms with Gasteiger partial charge in [0.15, 0.2) is 5.78 Å². The van der Waals surface area contributed by atoms with Crippen LogP contribution in [0.3, 0.4) is 0 Å². The molecule has 2 heteroatoms. The van der Waals surface area contributed by atoms with Crippen LogP contribution < -0.4 is 5.32 Å². The molecule has 1 N–H and O–H groups in total. The second kappa shape index (κ2) is 6.61. The Kier molecular flexibility index (Phi) is 6.15. The Balaban J connectivity index is 3.99. The Hall–Kier alpha value is -0.890. The van der Waals surface area contributed by atoms with Gasteiger partial charge in [-0.1, -0.05) is 26.0 Å². The SMILES string of the molecule is C/C=C(\C=C/C(C)=O)CNC(C)C. The lowest BCUT2D eigenvalue weighted by Crippen LogP contribution is -2.24. The van der Waals surface area contributed by atoms with Crippen molar-refractivity contribution in [3.8, 4) is 0 Å². The van der Waals surface area contributed by atoms with E-state index in [-0.39, 0.29) is 5.78 Å². The molecule has 0 spiro atoms. The smallest absolute Gasteiger partial charge is 0.152 e. The van der Waals surface area contributed by atoms with E-state index in [1.807, 2.05) is 19.1 Å². The first-order chi connectivity index (χ1) is 6.06. The lowest BCUT2D eigenvalue weighted by molar-refractivity contribution is -0.112. The van der Waals surface area contributed by atoms with E-state index >= 15 is 0 Å². The molecule has 0 fully saturated rings. The van der Waals surface area contributed by atoms with E-state index in [1.54, 1.807) is 13.0 Å². The zero-order valence-electron chi connectivity index (χ0n) is 8.92. The van der Waals surface area contributed by atoms with Crippen LogP contribution in [0.15, 0.2) is 23.8 Å². The monoisotopic (exact) mass is 181 g/mol. The lowest BCUT2D eigenvalue weighted by atomic mass is 10.2. The van der Waals surface area contributed by atoms with E-state index in [9.17, 15) is 4.79 Å². The maximum atomic E-state index is 10.7. The predicted molar refractivity (Wildman–Crippen MR) is 56.7 cm³/mol. The molecule has 0 radical (unpaired) electrons. The third kappa shape index (κ3) is 7.47. The van der Waals surface area contributed by atoms with E-state index in [0.29, 0.717) is 6.04 Å². The highest BCUT2D eigenvalue weighted by molar-refractivity contribution is 5.87. The van der Waals surface area contributed by atoms with Gasteiger partial charge in [-0.05, 0) is 25.5 Å². The summed E-state index contributed by atoms with van der Waals surface area (Å²) in [5.74, 6) is 0.0869. The summed E-state index contributed by atoms with van der Waals surface area (Å²) >= 11 is 0. The number of allylic oxidation sites excluding steroid dienone is 2. The van der Waals surface area contributed by atoms with Crippen molar-refractivity contribution >= 4 is 5.78 Å². The quantitative estimate of drug-likeness (QED) is 0.519. The summed E-state index contributed by atoms with van der Waals surface area (Å²) in [5.41, 5.74) is 1.14. The summed E-state index contributed by atoms with van der Waals surface area (Å²) in [5, 5.41) is 3.29.